The third-order valence-corrected chi connectivity index (χ3v) is 3.34. The Balaban J connectivity index is 1.82. The second kappa shape index (κ2) is 7.26. The summed E-state index contributed by atoms with van der Waals surface area (Å²) in [5, 5.41) is 7.72. The first-order valence-electron chi connectivity index (χ1n) is 6.34. The van der Waals surface area contributed by atoms with Gasteiger partial charge in [-0.15, -0.1) is 6.58 Å². The quantitative estimate of drug-likeness (QED) is 0.481. The molecule has 106 valence electrons. The molecule has 6 heteroatoms. The Morgan fingerprint density at radius 3 is 2.85 bits per heavy atom. The van der Waals surface area contributed by atoms with Crippen LogP contribution >= 0.6 is 23.8 Å². The third kappa shape index (κ3) is 3.95. The molecule has 0 fully saturated rings. The number of aryl methyl sites for hydroxylation is 1. The van der Waals surface area contributed by atoms with Crippen molar-refractivity contribution in [2.45, 2.75) is 19.4 Å². The molecule has 0 aliphatic carbocycles. The lowest BCUT2D eigenvalue weighted by Crippen LogP contribution is -2.06. The normalized spacial score (nSPS) is 10.4. The highest BCUT2D eigenvalue weighted by Crippen LogP contribution is 2.15. The molecule has 0 unspecified atom stereocenters. The van der Waals surface area contributed by atoms with E-state index in [-0.39, 0.29) is 0 Å². The second-order valence-electron chi connectivity index (χ2n) is 4.25. The van der Waals surface area contributed by atoms with Crippen molar-refractivity contribution in [1.29, 1.82) is 0 Å². The van der Waals surface area contributed by atoms with Crippen molar-refractivity contribution in [2.75, 3.05) is 6.61 Å². The molecule has 2 aromatic rings. The summed E-state index contributed by atoms with van der Waals surface area (Å²) in [5.41, 5.74) is 0. The van der Waals surface area contributed by atoms with Gasteiger partial charge in [0.1, 0.15) is 11.6 Å². The average Bonchev–Trinajstić information content (AvgIpc) is 2.79. The molecular formula is C14H16ClN3OS. The van der Waals surface area contributed by atoms with Gasteiger partial charge in [-0.25, -0.2) is 0 Å². The highest BCUT2D eigenvalue weighted by atomic mass is 35.5. The Labute approximate surface area is 128 Å². The predicted octanol–water partition coefficient (Wildman–Crippen LogP) is 3.79. The molecular weight excluding hydrogens is 294 g/mol. The molecule has 0 bridgehead atoms. The summed E-state index contributed by atoms with van der Waals surface area (Å²) in [6.07, 6.45) is 3.47. The van der Waals surface area contributed by atoms with Gasteiger partial charge >= 0.3 is 0 Å². The molecule has 20 heavy (non-hydrogen) atoms. The Kier molecular flexibility index (Phi) is 5.38. The first kappa shape index (κ1) is 14.8. The van der Waals surface area contributed by atoms with Gasteiger partial charge in [-0.2, -0.15) is 5.10 Å². The van der Waals surface area contributed by atoms with Crippen LogP contribution < -0.4 is 4.74 Å². The van der Waals surface area contributed by atoms with Crippen molar-refractivity contribution >= 4 is 23.8 Å². The van der Waals surface area contributed by atoms with E-state index in [4.69, 9.17) is 28.6 Å². The summed E-state index contributed by atoms with van der Waals surface area (Å²) in [6.45, 7) is 5.01. The predicted molar refractivity (Wildman–Crippen MR) is 82.9 cm³/mol. The molecule has 0 aliphatic heterocycles. The number of nitrogens with one attached hydrogen (secondary N) is 1. The van der Waals surface area contributed by atoms with Crippen LogP contribution in [-0.4, -0.2) is 21.4 Å². The van der Waals surface area contributed by atoms with E-state index in [2.05, 4.69) is 16.8 Å². The highest BCUT2D eigenvalue weighted by molar-refractivity contribution is 7.71. The number of aromatic amines is 1. The van der Waals surface area contributed by atoms with Crippen LogP contribution in [0.4, 0.5) is 0 Å². The van der Waals surface area contributed by atoms with E-state index >= 15 is 0 Å². The number of ether oxygens (including phenoxy) is 1. The number of allylic oxidation sites excluding steroid dienone is 1. The van der Waals surface area contributed by atoms with E-state index in [1.165, 1.54) is 0 Å². The van der Waals surface area contributed by atoms with Gasteiger partial charge in [0.15, 0.2) is 4.77 Å². The Morgan fingerprint density at radius 1 is 1.40 bits per heavy atom. The summed E-state index contributed by atoms with van der Waals surface area (Å²) in [6, 6.07) is 7.34. The zero-order valence-corrected chi connectivity index (χ0v) is 12.6. The number of benzene rings is 1. The third-order valence-electron chi connectivity index (χ3n) is 2.78. The number of aromatic nitrogens is 3. The van der Waals surface area contributed by atoms with Crippen molar-refractivity contribution in [1.82, 2.24) is 14.8 Å². The van der Waals surface area contributed by atoms with Crippen molar-refractivity contribution < 1.29 is 4.74 Å². The molecule has 0 amide bonds. The topological polar surface area (TPSA) is 42.8 Å². The van der Waals surface area contributed by atoms with Crippen LogP contribution in [-0.2, 0) is 13.0 Å². The van der Waals surface area contributed by atoms with Gasteiger partial charge in [0.05, 0.1) is 6.61 Å². The maximum absolute atomic E-state index is 5.81. The Bertz CT molecular complexity index is 618. The molecule has 1 N–H and O–H groups in total. The molecule has 0 radical (unpaired) electrons. The zero-order chi connectivity index (χ0) is 14.4. The summed E-state index contributed by atoms with van der Waals surface area (Å²) in [4.78, 5) is 0. The maximum atomic E-state index is 5.81. The second-order valence-corrected chi connectivity index (χ2v) is 5.07. The van der Waals surface area contributed by atoms with Gasteiger partial charge in [0, 0.05) is 18.0 Å². The largest absolute Gasteiger partial charge is 0.494 e. The van der Waals surface area contributed by atoms with Gasteiger partial charge in [0.2, 0.25) is 0 Å². The monoisotopic (exact) mass is 309 g/mol. The van der Waals surface area contributed by atoms with Crippen LogP contribution in [0.25, 0.3) is 0 Å². The number of hydrogen-bond donors (Lipinski definition) is 1. The van der Waals surface area contributed by atoms with Gasteiger partial charge in [0.25, 0.3) is 0 Å². The molecule has 1 heterocycles. The van der Waals surface area contributed by atoms with Crippen LogP contribution in [0.3, 0.4) is 0 Å². The lowest BCUT2D eigenvalue weighted by molar-refractivity contribution is 0.309. The van der Waals surface area contributed by atoms with E-state index in [9.17, 15) is 0 Å². The summed E-state index contributed by atoms with van der Waals surface area (Å²) >= 11 is 11.0. The van der Waals surface area contributed by atoms with E-state index < -0.39 is 0 Å². The molecule has 0 atom stereocenters. The van der Waals surface area contributed by atoms with Crippen molar-refractivity contribution in [2.24, 2.45) is 0 Å². The lowest BCUT2D eigenvalue weighted by Gasteiger charge is -2.06. The Morgan fingerprint density at radius 2 is 2.15 bits per heavy atom. The zero-order valence-electron chi connectivity index (χ0n) is 11.0. The number of halogens is 1. The summed E-state index contributed by atoms with van der Waals surface area (Å²) in [5.74, 6) is 1.74. The molecule has 0 aliphatic rings. The molecule has 2 rings (SSSR count). The fourth-order valence-electron chi connectivity index (χ4n) is 1.81. The Hall–Kier alpha value is -1.59. The lowest BCUT2D eigenvalue weighted by atomic mass is 10.3. The van der Waals surface area contributed by atoms with Gasteiger partial charge < -0.3 is 9.30 Å². The number of hydrogen-bond acceptors (Lipinski definition) is 3. The van der Waals surface area contributed by atoms with Crippen LogP contribution in [0, 0.1) is 4.77 Å². The van der Waals surface area contributed by atoms with Crippen LogP contribution in [0.2, 0.25) is 5.02 Å². The fourth-order valence-corrected chi connectivity index (χ4v) is 2.16. The van der Waals surface area contributed by atoms with Crippen LogP contribution in [0.5, 0.6) is 5.75 Å². The van der Waals surface area contributed by atoms with E-state index in [0.717, 1.165) is 24.4 Å². The highest BCUT2D eigenvalue weighted by Gasteiger charge is 2.04. The maximum Gasteiger partial charge on any atom is 0.195 e. The molecule has 0 spiro atoms. The minimum atomic E-state index is 0.620. The van der Waals surface area contributed by atoms with Crippen molar-refractivity contribution in [3.63, 3.8) is 0 Å². The van der Waals surface area contributed by atoms with Gasteiger partial charge in [-0.1, -0.05) is 17.7 Å². The first-order valence-corrected chi connectivity index (χ1v) is 7.12. The smallest absolute Gasteiger partial charge is 0.195 e. The van der Waals surface area contributed by atoms with Gasteiger partial charge in [-0.3, -0.25) is 5.10 Å². The average molecular weight is 310 g/mol. The standard InChI is InChI=1S/C14H16ClN3OS/c1-2-9-18-13(16-17-14(18)20)4-3-10-19-12-7-5-11(15)6-8-12/h2,5-8H,1,3-4,9-10H2,(H,17,20). The van der Waals surface area contributed by atoms with E-state index in [1.54, 1.807) is 6.08 Å². The first-order chi connectivity index (χ1) is 9.70. The van der Waals surface area contributed by atoms with Gasteiger partial charge in [-0.05, 0) is 42.9 Å². The number of nitrogens with zero attached hydrogens (tertiary/aromatic N) is 2. The summed E-state index contributed by atoms with van der Waals surface area (Å²) in [7, 11) is 0. The molecule has 4 nitrogen and oxygen atoms in total. The molecule has 1 aromatic heterocycles. The fraction of sp³-hybridized carbons (Fsp3) is 0.286. The molecule has 0 saturated heterocycles. The molecule has 1 aromatic carbocycles. The van der Waals surface area contributed by atoms with Crippen molar-refractivity contribution in [3.8, 4) is 5.75 Å². The minimum absolute atomic E-state index is 0.620. The SMILES string of the molecule is C=CCn1c(CCCOc2ccc(Cl)cc2)n[nH]c1=S. The van der Waals surface area contributed by atoms with E-state index in [0.29, 0.717) is 22.9 Å². The number of H-pyrrole nitrogens is 1. The summed E-state index contributed by atoms with van der Waals surface area (Å²) < 4.78 is 8.20. The molecule has 0 saturated carbocycles. The van der Waals surface area contributed by atoms with E-state index in [1.807, 2.05) is 28.8 Å². The minimum Gasteiger partial charge on any atom is -0.494 e. The number of rotatable bonds is 7. The van der Waals surface area contributed by atoms with Crippen LogP contribution in [0.1, 0.15) is 12.2 Å². The van der Waals surface area contributed by atoms with Crippen LogP contribution in [0.15, 0.2) is 36.9 Å². The van der Waals surface area contributed by atoms with Crippen molar-refractivity contribution in [3.05, 3.63) is 52.5 Å².